The molecule has 2 aliphatic carbocycles. The fourth-order valence-corrected chi connectivity index (χ4v) is 4.95. The second-order valence-corrected chi connectivity index (χ2v) is 7.58. The summed E-state index contributed by atoms with van der Waals surface area (Å²) in [5.41, 5.74) is 1.91. The largest absolute Gasteiger partial charge is 0.396 e. The van der Waals surface area contributed by atoms with E-state index in [1.54, 1.807) is 0 Å². The number of nitrogens with zero attached hydrogens (tertiary/aromatic N) is 1. The molecule has 23 heavy (non-hydrogen) atoms. The molecule has 0 aliphatic heterocycles. The molecule has 6 heteroatoms. The van der Waals surface area contributed by atoms with Crippen LogP contribution in [0.15, 0.2) is 29.4 Å². The smallest absolute Gasteiger partial charge is 0.230 e. The highest BCUT2D eigenvalue weighted by atomic mass is 32.2. The van der Waals surface area contributed by atoms with E-state index in [1.165, 1.54) is 24.6 Å². The van der Waals surface area contributed by atoms with Crippen molar-refractivity contribution in [1.29, 1.82) is 0 Å². The molecule has 1 amide bonds. The number of amides is 1. The first-order valence-electron chi connectivity index (χ1n) is 8.22. The van der Waals surface area contributed by atoms with Gasteiger partial charge < -0.3 is 15.4 Å². The van der Waals surface area contributed by atoms with Gasteiger partial charge in [0, 0.05) is 18.6 Å². The minimum Gasteiger partial charge on any atom is -0.396 e. The van der Waals surface area contributed by atoms with Crippen LogP contribution in [0.4, 0.5) is 0 Å². The molecule has 2 fully saturated rings. The van der Waals surface area contributed by atoms with Gasteiger partial charge in [-0.15, -0.1) is 0 Å². The van der Waals surface area contributed by atoms with Gasteiger partial charge in [0.25, 0.3) is 0 Å². The number of carbonyl (C=O) groups excluding carboxylic acids is 1. The predicted molar refractivity (Wildman–Crippen MR) is 90.2 cm³/mol. The van der Waals surface area contributed by atoms with Gasteiger partial charge >= 0.3 is 0 Å². The van der Waals surface area contributed by atoms with E-state index in [9.17, 15) is 9.90 Å². The van der Waals surface area contributed by atoms with E-state index in [1.807, 2.05) is 24.3 Å². The number of aromatic amines is 1. The zero-order valence-electron chi connectivity index (χ0n) is 12.9. The molecule has 2 aromatic rings. The number of carbonyl (C=O) groups is 1. The Morgan fingerprint density at radius 2 is 2.17 bits per heavy atom. The topological polar surface area (TPSA) is 78.0 Å². The number of imidazole rings is 1. The van der Waals surface area contributed by atoms with Crippen molar-refractivity contribution in [3.05, 3.63) is 24.3 Å². The number of benzene rings is 1. The minimum atomic E-state index is 0.0338. The van der Waals surface area contributed by atoms with Gasteiger partial charge in [-0.1, -0.05) is 23.9 Å². The van der Waals surface area contributed by atoms with E-state index in [0.29, 0.717) is 17.6 Å². The summed E-state index contributed by atoms with van der Waals surface area (Å²) in [6.45, 7) is 0.183. The minimum absolute atomic E-state index is 0.0338. The van der Waals surface area contributed by atoms with Crippen LogP contribution in [0.25, 0.3) is 11.0 Å². The Morgan fingerprint density at radius 1 is 1.35 bits per heavy atom. The van der Waals surface area contributed by atoms with Crippen LogP contribution in [-0.4, -0.2) is 39.4 Å². The molecule has 0 radical (unpaired) electrons. The summed E-state index contributed by atoms with van der Waals surface area (Å²) in [5.74, 6) is 1.78. The number of hydrogen-bond donors (Lipinski definition) is 3. The lowest BCUT2D eigenvalue weighted by molar-refractivity contribution is -0.120. The summed E-state index contributed by atoms with van der Waals surface area (Å²) in [5, 5.41) is 13.5. The molecule has 2 aliphatic rings. The van der Waals surface area contributed by atoms with Gasteiger partial charge in [-0.3, -0.25) is 4.79 Å². The van der Waals surface area contributed by atoms with Gasteiger partial charge in [0.15, 0.2) is 5.16 Å². The quantitative estimate of drug-likeness (QED) is 0.734. The normalized spacial score (nSPS) is 29.3. The number of H-pyrrole nitrogens is 1. The van der Waals surface area contributed by atoms with Crippen LogP contribution in [0.5, 0.6) is 0 Å². The van der Waals surface area contributed by atoms with Crippen molar-refractivity contribution in [3.63, 3.8) is 0 Å². The summed E-state index contributed by atoms with van der Waals surface area (Å²) < 4.78 is 0. The number of rotatable bonds is 5. The van der Waals surface area contributed by atoms with Crippen molar-refractivity contribution < 1.29 is 9.90 Å². The Bertz CT molecular complexity index is 684. The van der Waals surface area contributed by atoms with Gasteiger partial charge in [-0.25, -0.2) is 4.98 Å². The Morgan fingerprint density at radius 3 is 3.00 bits per heavy atom. The number of thioether (sulfide) groups is 1. The molecule has 2 saturated carbocycles. The summed E-state index contributed by atoms with van der Waals surface area (Å²) in [6.07, 6.45) is 3.55. The monoisotopic (exact) mass is 331 g/mol. The molecule has 1 aromatic heterocycles. The highest BCUT2D eigenvalue weighted by Crippen LogP contribution is 2.48. The van der Waals surface area contributed by atoms with Crippen molar-refractivity contribution in [1.82, 2.24) is 15.3 Å². The second-order valence-electron chi connectivity index (χ2n) is 6.62. The van der Waals surface area contributed by atoms with Crippen LogP contribution >= 0.6 is 11.8 Å². The van der Waals surface area contributed by atoms with E-state index >= 15 is 0 Å². The van der Waals surface area contributed by atoms with E-state index in [-0.39, 0.29) is 24.5 Å². The lowest BCUT2D eigenvalue weighted by Gasteiger charge is -2.30. The molecule has 0 saturated heterocycles. The maximum atomic E-state index is 12.3. The molecule has 3 N–H and O–H groups in total. The number of nitrogens with one attached hydrogen (secondary N) is 2. The number of hydrogen-bond acceptors (Lipinski definition) is 4. The third-order valence-electron chi connectivity index (χ3n) is 5.33. The van der Waals surface area contributed by atoms with Gasteiger partial charge in [-0.2, -0.15) is 0 Å². The van der Waals surface area contributed by atoms with E-state index in [0.717, 1.165) is 22.6 Å². The number of aliphatic hydroxyl groups excluding tert-OH is 1. The fraction of sp³-hybridized carbons (Fsp3) is 0.529. The maximum Gasteiger partial charge on any atom is 0.230 e. The van der Waals surface area contributed by atoms with Gasteiger partial charge in [-0.05, 0) is 43.2 Å². The summed E-state index contributed by atoms with van der Waals surface area (Å²) in [6, 6.07) is 8.01. The SMILES string of the molecule is O=C(CSc1nc2ccccc2[nH]1)NC1C2CCC(C2)C1CO. The lowest BCUT2D eigenvalue weighted by atomic mass is 9.85. The Balaban J connectivity index is 1.35. The molecule has 4 rings (SSSR count). The zero-order valence-corrected chi connectivity index (χ0v) is 13.7. The highest BCUT2D eigenvalue weighted by Gasteiger charge is 2.47. The van der Waals surface area contributed by atoms with Crippen LogP contribution in [0.2, 0.25) is 0 Å². The van der Waals surface area contributed by atoms with E-state index in [2.05, 4.69) is 15.3 Å². The second kappa shape index (κ2) is 6.17. The van der Waals surface area contributed by atoms with Crippen LogP contribution in [0.1, 0.15) is 19.3 Å². The van der Waals surface area contributed by atoms with Gasteiger partial charge in [0.05, 0.1) is 16.8 Å². The molecule has 4 atom stereocenters. The molecule has 122 valence electrons. The Kier molecular flexibility index (Phi) is 4.03. The predicted octanol–water partition coefficient (Wildman–Crippen LogP) is 2.18. The highest BCUT2D eigenvalue weighted by molar-refractivity contribution is 7.99. The van der Waals surface area contributed by atoms with Crippen molar-refractivity contribution in [2.24, 2.45) is 17.8 Å². The van der Waals surface area contributed by atoms with Crippen molar-refractivity contribution in [2.45, 2.75) is 30.5 Å². The molecule has 5 nitrogen and oxygen atoms in total. The van der Waals surface area contributed by atoms with Crippen LogP contribution in [0.3, 0.4) is 0 Å². The average Bonchev–Trinajstić information content (AvgIpc) is 3.26. The maximum absolute atomic E-state index is 12.3. The Labute approximate surface area is 139 Å². The number of aliphatic hydroxyl groups is 1. The lowest BCUT2D eigenvalue weighted by Crippen LogP contribution is -2.45. The third kappa shape index (κ3) is 2.85. The molecular weight excluding hydrogens is 310 g/mol. The summed E-state index contributed by atoms with van der Waals surface area (Å²) in [7, 11) is 0. The zero-order chi connectivity index (χ0) is 15.8. The number of aromatic nitrogens is 2. The van der Waals surface area contributed by atoms with Gasteiger partial charge in [0.2, 0.25) is 5.91 Å². The average molecular weight is 331 g/mol. The first kappa shape index (κ1) is 15.0. The molecule has 1 heterocycles. The van der Waals surface area contributed by atoms with Crippen molar-refractivity contribution in [3.8, 4) is 0 Å². The van der Waals surface area contributed by atoms with Crippen molar-refractivity contribution >= 4 is 28.7 Å². The van der Waals surface area contributed by atoms with Crippen LogP contribution in [-0.2, 0) is 4.79 Å². The van der Waals surface area contributed by atoms with Gasteiger partial charge in [0.1, 0.15) is 0 Å². The molecule has 4 unspecified atom stereocenters. The third-order valence-corrected chi connectivity index (χ3v) is 6.21. The summed E-state index contributed by atoms with van der Waals surface area (Å²) in [4.78, 5) is 20.0. The number of para-hydroxylation sites is 2. The number of fused-ring (bicyclic) bond motifs is 3. The van der Waals surface area contributed by atoms with Crippen LogP contribution in [0, 0.1) is 17.8 Å². The van der Waals surface area contributed by atoms with E-state index < -0.39 is 0 Å². The first-order chi connectivity index (χ1) is 11.2. The Hall–Kier alpha value is -1.53. The molecule has 0 spiro atoms. The summed E-state index contributed by atoms with van der Waals surface area (Å²) >= 11 is 1.43. The van der Waals surface area contributed by atoms with Crippen molar-refractivity contribution in [2.75, 3.05) is 12.4 Å². The molecular formula is C17H21N3O2S. The standard InChI is InChI=1S/C17H21N3O2S/c21-8-12-10-5-6-11(7-10)16(12)20-15(22)9-23-17-18-13-3-1-2-4-14(13)19-17/h1-4,10-12,16,21H,5-9H2,(H,18,19)(H,20,22). The van der Waals surface area contributed by atoms with E-state index in [4.69, 9.17) is 0 Å². The first-order valence-corrected chi connectivity index (χ1v) is 9.21. The van der Waals surface area contributed by atoms with Crippen LogP contribution < -0.4 is 5.32 Å². The fourth-order valence-electron chi connectivity index (χ4n) is 4.26. The molecule has 1 aromatic carbocycles. The molecule has 2 bridgehead atoms.